The summed E-state index contributed by atoms with van der Waals surface area (Å²) in [6.45, 7) is 2.11. The molecule has 0 bridgehead atoms. The number of benzene rings is 1. The predicted molar refractivity (Wildman–Crippen MR) is 96.7 cm³/mol. The Morgan fingerprint density at radius 3 is 2.90 bits per heavy atom. The van der Waals surface area contributed by atoms with Crippen molar-refractivity contribution in [1.82, 2.24) is 10.6 Å². The van der Waals surface area contributed by atoms with Crippen molar-refractivity contribution >= 4 is 45.9 Å². The molecule has 0 radical (unpaired) electrons. The molecule has 1 heterocycles. The van der Waals surface area contributed by atoms with Crippen LogP contribution in [0.15, 0.2) is 27.7 Å². The predicted octanol–water partition coefficient (Wildman–Crippen LogP) is 3.05. The highest BCUT2D eigenvalue weighted by Gasteiger charge is 2.15. The lowest BCUT2D eigenvalue weighted by Crippen LogP contribution is -2.40. The Balaban J connectivity index is 0.00000220. The second-order valence-corrected chi connectivity index (χ2v) is 5.54. The highest BCUT2D eigenvalue weighted by Crippen LogP contribution is 2.16. The lowest BCUT2D eigenvalue weighted by atomic mass is 10.2. The summed E-state index contributed by atoms with van der Waals surface area (Å²) in [5.41, 5.74) is 0.866. The van der Waals surface area contributed by atoms with Crippen LogP contribution >= 0.6 is 39.9 Å². The summed E-state index contributed by atoms with van der Waals surface area (Å²) in [4.78, 5) is 4.14. The topological polar surface area (TPSA) is 45.7 Å². The fourth-order valence-corrected chi connectivity index (χ4v) is 2.32. The molecular formula is C14H20BrFIN3O. The van der Waals surface area contributed by atoms with Crippen LogP contribution in [-0.2, 0) is 11.3 Å². The minimum absolute atomic E-state index is 0. The van der Waals surface area contributed by atoms with Crippen LogP contribution in [0.2, 0.25) is 0 Å². The Morgan fingerprint density at radius 2 is 2.29 bits per heavy atom. The van der Waals surface area contributed by atoms with Gasteiger partial charge in [-0.15, -0.1) is 24.0 Å². The third kappa shape index (κ3) is 6.07. The molecule has 0 spiro atoms. The first-order valence-corrected chi connectivity index (χ1v) is 7.48. The van der Waals surface area contributed by atoms with Crippen LogP contribution in [0, 0.1) is 5.82 Å². The fraction of sp³-hybridized carbons (Fsp3) is 0.500. The van der Waals surface area contributed by atoms with Crippen LogP contribution in [0.4, 0.5) is 4.39 Å². The summed E-state index contributed by atoms with van der Waals surface area (Å²) >= 11 is 3.14. The number of guanidine groups is 1. The zero-order chi connectivity index (χ0) is 14.4. The standard InChI is InChI=1S/C14H19BrFN3O.HI/c1-17-14(19-9-11-3-2-6-20-11)18-8-10-4-5-12(15)13(16)7-10;/h4-5,7,11H,2-3,6,8-9H2,1H3,(H2,17,18,19);1H. The molecule has 1 saturated heterocycles. The maximum absolute atomic E-state index is 13.4. The van der Waals surface area contributed by atoms with E-state index in [1.807, 2.05) is 6.07 Å². The van der Waals surface area contributed by atoms with Gasteiger partial charge in [-0.2, -0.15) is 0 Å². The third-order valence-electron chi connectivity index (χ3n) is 3.19. The lowest BCUT2D eigenvalue weighted by Gasteiger charge is -2.15. The number of aliphatic imine (C=N–C) groups is 1. The van der Waals surface area contributed by atoms with Gasteiger partial charge in [0.05, 0.1) is 10.6 Å². The maximum atomic E-state index is 13.4. The molecule has 1 fully saturated rings. The monoisotopic (exact) mass is 471 g/mol. The highest BCUT2D eigenvalue weighted by molar-refractivity contribution is 14.0. The van der Waals surface area contributed by atoms with E-state index in [9.17, 15) is 4.39 Å². The number of halogens is 3. The molecule has 2 rings (SSSR count). The minimum Gasteiger partial charge on any atom is -0.376 e. The summed E-state index contributed by atoms with van der Waals surface area (Å²) in [6, 6.07) is 5.08. The molecule has 0 aromatic heterocycles. The number of nitrogens with one attached hydrogen (secondary N) is 2. The van der Waals surface area contributed by atoms with Gasteiger partial charge in [-0.05, 0) is 46.5 Å². The van der Waals surface area contributed by atoms with Gasteiger partial charge < -0.3 is 15.4 Å². The molecule has 4 nitrogen and oxygen atoms in total. The fourth-order valence-electron chi connectivity index (χ4n) is 2.07. The Kier molecular flexibility index (Phi) is 8.50. The first-order chi connectivity index (χ1) is 9.69. The average Bonchev–Trinajstić information content (AvgIpc) is 2.96. The zero-order valence-electron chi connectivity index (χ0n) is 11.9. The van der Waals surface area contributed by atoms with E-state index in [1.165, 1.54) is 6.07 Å². The van der Waals surface area contributed by atoms with Crippen LogP contribution in [0.25, 0.3) is 0 Å². The molecule has 1 unspecified atom stereocenters. The second kappa shape index (κ2) is 9.58. The number of hydrogen-bond donors (Lipinski definition) is 2. The van der Waals surface area contributed by atoms with Crippen molar-refractivity contribution in [1.29, 1.82) is 0 Å². The Bertz CT molecular complexity index is 481. The summed E-state index contributed by atoms with van der Waals surface area (Å²) in [5.74, 6) is 0.440. The highest BCUT2D eigenvalue weighted by atomic mass is 127. The van der Waals surface area contributed by atoms with E-state index in [-0.39, 0.29) is 35.9 Å². The van der Waals surface area contributed by atoms with Crippen LogP contribution in [-0.4, -0.2) is 32.3 Å². The molecule has 1 atom stereocenters. The van der Waals surface area contributed by atoms with E-state index in [1.54, 1.807) is 13.1 Å². The van der Waals surface area contributed by atoms with Crippen molar-refractivity contribution in [2.75, 3.05) is 20.2 Å². The molecule has 2 N–H and O–H groups in total. The summed E-state index contributed by atoms with van der Waals surface area (Å²) < 4.78 is 19.4. The second-order valence-electron chi connectivity index (χ2n) is 4.69. The van der Waals surface area contributed by atoms with Gasteiger partial charge in [0.15, 0.2) is 5.96 Å². The molecule has 1 aliphatic heterocycles. The maximum Gasteiger partial charge on any atom is 0.191 e. The molecule has 21 heavy (non-hydrogen) atoms. The largest absolute Gasteiger partial charge is 0.376 e. The third-order valence-corrected chi connectivity index (χ3v) is 3.83. The lowest BCUT2D eigenvalue weighted by molar-refractivity contribution is 0.114. The molecular weight excluding hydrogens is 452 g/mol. The van der Waals surface area contributed by atoms with Gasteiger partial charge in [0.25, 0.3) is 0 Å². The van der Waals surface area contributed by atoms with Gasteiger partial charge in [-0.25, -0.2) is 4.39 Å². The van der Waals surface area contributed by atoms with E-state index in [4.69, 9.17) is 4.74 Å². The number of hydrogen-bond acceptors (Lipinski definition) is 2. The summed E-state index contributed by atoms with van der Waals surface area (Å²) in [6.07, 6.45) is 2.47. The molecule has 1 aromatic carbocycles. The minimum atomic E-state index is -0.258. The number of nitrogens with zero attached hydrogens (tertiary/aromatic N) is 1. The molecule has 7 heteroatoms. The van der Waals surface area contributed by atoms with E-state index in [0.717, 1.165) is 31.6 Å². The van der Waals surface area contributed by atoms with Crippen molar-refractivity contribution in [3.63, 3.8) is 0 Å². The van der Waals surface area contributed by atoms with E-state index >= 15 is 0 Å². The molecule has 0 amide bonds. The van der Waals surface area contributed by atoms with E-state index in [0.29, 0.717) is 17.0 Å². The normalized spacial score (nSPS) is 18.2. The van der Waals surface area contributed by atoms with E-state index < -0.39 is 0 Å². The number of ether oxygens (including phenoxy) is 1. The number of rotatable bonds is 4. The average molecular weight is 472 g/mol. The van der Waals surface area contributed by atoms with Crippen molar-refractivity contribution in [3.05, 3.63) is 34.1 Å². The van der Waals surface area contributed by atoms with Gasteiger partial charge in [-0.3, -0.25) is 4.99 Å². The molecule has 1 aliphatic rings. The quantitative estimate of drug-likeness (QED) is 0.403. The van der Waals surface area contributed by atoms with Gasteiger partial charge in [0.2, 0.25) is 0 Å². The zero-order valence-corrected chi connectivity index (χ0v) is 15.8. The van der Waals surface area contributed by atoms with Crippen molar-refractivity contribution in [3.8, 4) is 0 Å². The van der Waals surface area contributed by atoms with Gasteiger partial charge in [0, 0.05) is 26.7 Å². The van der Waals surface area contributed by atoms with Crippen molar-refractivity contribution in [2.24, 2.45) is 4.99 Å². The van der Waals surface area contributed by atoms with Crippen molar-refractivity contribution < 1.29 is 9.13 Å². The van der Waals surface area contributed by atoms with Crippen LogP contribution in [0.1, 0.15) is 18.4 Å². The summed E-state index contributed by atoms with van der Waals surface area (Å²) in [7, 11) is 1.72. The molecule has 1 aromatic rings. The first-order valence-electron chi connectivity index (χ1n) is 6.69. The summed E-state index contributed by atoms with van der Waals surface area (Å²) in [5, 5.41) is 6.38. The van der Waals surface area contributed by atoms with Crippen molar-refractivity contribution in [2.45, 2.75) is 25.5 Å². The van der Waals surface area contributed by atoms with Gasteiger partial charge in [0.1, 0.15) is 5.82 Å². The molecule has 0 saturated carbocycles. The van der Waals surface area contributed by atoms with Crippen LogP contribution in [0.5, 0.6) is 0 Å². The Hall–Kier alpha value is -0.410. The van der Waals surface area contributed by atoms with Crippen LogP contribution < -0.4 is 10.6 Å². The van der Waals surface area contributed by atoms with E-state index in [2.05, 4.69) is 31.6 Å². The SMILES string of the molecule is CN=C(NCc1ccc(Br)c(F)c1)NCC1CCCO1.I. The Morgan fingerprint density at radius 1 is 1.48 bits per heavy atom. The molecule has 0 aliphatic carbocycles. The van der Waals surface area contributed by atoms with Crippen LogP contribution in [0.3, 0.4) is 0 Å². The smallest absolute Gasteiger partial charge is 0.191 e. The van der Waals surface area contributed by atoms with Gasteiger partial charge >= 0.3 is 0 Å². The molecule has 118 valence electrons. The van der Waals surface area contributed by atoms with Gasteiger partial charge in [-0.1, -0.05) is 6.07 Å². The first kappa shape index (κ1) is 18.6. The Labute approximate surface area is 150 Å².